The van der Waals surface area contributed by atoms with Gasteiger partial charge < -0.3 is 14.8 Å². The molecular formula is C16H24BrCl2F3N2O2. The zero-order valence-electron chi connectivity index (χ0n) is 14.6. The Labute approximate surface area is 172 Å². The van der Waals surface area contributed by atoms with E-state index in [1.54, 1.807) is 12.1 Å². The molecule has 1 aliphatic rings. The van der Waals surface area contributed by atoms with Crippen LogP contribution in [0.4, 0.5) is 13.2 Å². The van der Waals surface area contributed by atoms with E-state index in [2.05, 4.69) is 26.1 Å². The average Bonchev–Trinajstić information content (AvgIpc) is 2.55. The monoisotopic (exact) mass is 482 g/mol. The number of nitrogens with zero attached hydrogens (tertiary/aromatic N) is 1. The number of rotatable bonds is 6. The van der Waals surface area contributed by atoms with Crippen molar-refractivity contribution in [3.05, 3.63) is 22.2 Å². The summed E-state index contributed by atoms with van der Waals surface area (Å²) in [6.45, 7) is 2.92. The summed E-state index contributed by atoms with van der Waals surface area (Å²) in [5.41, 5.74) is 0.726. The molecule has 0 amide bonds. The molecule has 1 atom stereocenters. The van der Waals surface area contributed by atoms with Crippen molar-refractivity contribution in [1.29, 1.82) is 0 Å². The van der Waals surface area contributed by atoms with Crippen LogP contribution in [-0.4, -0.2) is 51.5 Å². The fourth-order valence-corrected chi connectivity index (χ4v) is 3.46. The summed E-state index contributed by atoms with van der Waals surface area (Å²) >= 11 is 3.39. The summed E-state index contributed by atoms with van der Waals surface area (Å²) in [4.78, 5) is 2.08. The van der Waals surface area contributed by atoms with Crippen molar-refractivity contribution in [2.24, 2.45) is 0 Å². The van der Waals surface area contributed by atoms with Gasteiger partial charge in [0.2, 0.25) is 0 Å². The summed E-state index contributed by atoms with van der Waals surface area (Å²) in [6, 6.07) is 3.15. The van der Waals surface area contributed by atoms with Gasteiger partial charge in [0.05, 0.1) is 18.7 Å². The molecule has 26 heavy (non-hydrogen) atoms. The Morgan fingerprint density at radius 2 is 1.69 bits per heavy atom. The maximum Gasteiger partial charge on any atom is 0.389 e. The number of benzene rings is 1. The molecule has 152 valence electrons. The molecule has 0 aromatic heterocycles. The lowest BCUT2D eigenvalue weighted by atomic mass is 9.98. The molecule has 2 rings (SSSR count). The number of piperazine rings is 1. The van der Waals surface area contributed by atoms with Crippen LogP contribution in [0.1, 0.15) is 24.4 Å². The minimum Gasteiger partial charge on any atom is -0.496 e. The van der Waals surface area contributed by atoms with Crippen molar-refractivity contribution >= 4 is 40.7 Å². The maximum atomic E-state index is 12.8. The fraction of sp³-hybridized carbons (Fsp3) is 0.625. The third-order valence-corrected chi connectivity index (χ3v) is 4.78. The topological polar surface area (TPSA) is 33.7 Å². The Morgan fingerprint density at radius 3 is 2.19 bits per heavy atom. The van der Waals surface area contributed by atoms with Gasteiger partial charge >= 0.3 is 6.18 Å². The van der Waals surface area contributed by atoms with Crippen LogP contribution >= 0.6 is 40.7 Å². The molecule has 0 unspecified atom stereocenters. The van der Waals surface area contributed by atoms with Crippen LogP contribution in [0.5, 0.6) is 11.5 Å². The predicted octanol–water partition coefficient (Wildman–Crippen LogP) is 4.60. The molecular weight excluding hydrogens is 460 g/mol. The van der Waals surface area contributed by atoms with Gasteiger partial charge in [-0.2, -0.15) is 13.2 Å². The smallest absolute Gasteiger partial charge is 0.389 e. The predicted molar refractivity (Wildman–Crippen MR) is 104 cm³/mol. The number of hydrogen-bond donors (Lipinski definition) is 1. The van der Waals surface area contributed by atoms with Crippen LogP contribution < -0.4 is 14.8 Å². The van der Waals surface area contributed by atoms with Crippen molar-refractivity contribution in [3.8, 4) is 11.5 Å². The van der Waals surface area contributed by atoms with E-state index in [0.717, 1.165) is 18.7 Å². The molecule has 10 heteroatoms. The van der Waals surface area contributed by atoms with Crippen molar-refractivity contribution in [1.82, 2.24) is 10.2 Å². The van der Waals surface area contributed by atoms with Crippen LogP contribution in [0.2, 0.25) is 0 Å². The Balaban J connectivity index is 0.00000312. The maximum absolute atomic E-state index is 12.8. The van der Waals surface area contributed by atoms with Crippen LogP contribution in [0.25, 0.3) is 0 Å². The third-order valence-electron chi connectivity index (χ3n) is 4.16. The summed E-state index contributed by atoms with van der Waals surface area (Å²) in [5, 5.41) is 3.23. The van der Waals surface area contributed by atoms with E-state index < -0.39 is 12.6 Å². The average molecular weight is 484 g/mol. The molecule has 1 heterocycles. The van der Waals surface area contributed by atoms with Gasteiger partial charge in [0.15, 0.2) is 0 Å². The normalized spacial score (nSPS) is 16.2. The van der Waals surface area contributed by atoms with Crippen LogP contribution in [0.3, 0.4) is 0 Å². The quantitative estimate of drug-likeness (QED) is 0.641. The van der Waals surface area contributed by atoms with E-state index in [0.29, 0.717) is 29.1 Å². The van der Waals surface area contributed by atoms with Crippen LogP contribution in [0.15, 0.2) is 16.6 Å². The molecule has 1 aromatic rings. The highest BCUT2D eigenvalue weighted by molar-refractivity contribution is 9.10. The van der Waals surface area contributed by atoms with Crippen molar-refractivity contribution in [2.45, 2.75) is 25.1 Å². The van der Waals surface area contributed by atoms with E-state index in [1.165, 1.54) is 14.2 Å². The molecule has 0 radical (unpaired) electrons. The highest BCUT2D eigenvalue weighted by Crippen LogP contribution is 2.40. The fourth-order valence-electron chi connectivity index (χ4n) is 2.97. The van der Waals surface area contributed by atoms with Gasteiger partial charge in [0.25, 0.3) is 0 Å². The van der Waals surface area contributed by atoms with Crippen molar-refractivity contribution < 1.29 is 22.6 Å². The summed E-state index contributed by atoms with van der Waals surface area (Å²) < 4.78 is 49.8. The summed E-state index contributed by atoms with van der Waals surface area (Å²) in [5.74, 6) is 1.14. The van der Waals surface area contributed by atoms with E-state index in [-0.39, 0.29) is 37.3 Å². The van der Waals surface area contributed by atoms with E-state index in [9.17, 15) is 13.2 Å². The lowest BCUT2D eigenvalue weighted by Gasteiger charge is -2.36. The first-order valence-corrected chi connectivity index (χ1v) is 8.58. The molecule has 0 saturated carbocycles. The standard InChI is InChI=1S/C16H22BrF3N2O2.2ClH/c1-23-14-10-12(17)15(24-2)9-11(14)13(3-4-16(18,19)20)22-7-5-21-6-8-22;;/h9-10,13,21H,3-8H2,1-2H3;2*1H/t13-;;/m1../s1. The Bertz CT molecular complexity index is 559. The Kier molecular flexibility index (Phi) is 11.3. The molecule has 0 aliphatic carbocycles. The van der Waals surface area contributed by atoms with Gasteiger partial charge in [-0.05, 0) is 34.5 Å². The number of hydrogen-bond acceptors (Lipinski definition) is 4. The first-order valence-electron chi connectivity index (χ1n) is 7.78. The molecule has 1 aromatic carbocycles. The lowest BCUT2D eigenvalue weighted by Crippen LogP contribution is -2.45. The summed E-state index contributed by atoms with van der Waals surface area (Å²) in [6.07, 6.45) is -5.02. The van der Waals surface area contributed by atoms with Gasteiger partial charge in [-0.15, -0.1) is 24.8 Å². The molecule has 1 aliphatic heterocycles. The minimum atomic E-state index is -4.18. The first-order chi connectivity index (χ1) is 11.4. The number of halogens is 6. The van der Waals surface area contributed by atoms with Gasteiger partial charge in [0.1, 0.15) is 11.5 Å². The molecule has 0 bridgehead atoms. The van der Waals surface area contributed by atoms with Crippen molar-refractivity contribution in [2.75, 3.05) is 40.4 Å². The Morgan fingerprint density at radius 1 is 1.12 bits per heavy atom. The Hall–Kier alpha value is -0.410. The second-order valence-electron chi connectivity index (χ2n) is 5.68. The lowest BCUT2D eigenvalue weighted by molar-refractivity contribution is -0.138. The second kappa shape index (κ2) is 11.4. The van der Waals surface area contributed by atoms with Gasteiger partial charge in [-0.3, -0.25) is 4.90 Å². The van der Waals surface area contributed by atoms with Gasteiger partial charge in [-0.25, -0.2) is 0 Å². The zero-order valence-corrected chi connectivity index (χ0v) is 17.8. The van der Waals surface area contributed by atoms with Crippen molar-refractivity contribution in [3.63, 3.8) is 0 Å². The summed E-state index contributed by atoms with van der Waals surface area (Å²) in [7, 11) is 3.06. The number of alkyl halides is 3. The third kappa shape index (κ3) is 6.96. The van der Waals surface area contributed by atoms with E-state index in [1.807, 2.05) is 0 Å². The van der Waals surface area contributed by atoms with E-state index >= 15 is 0 Å². The van der Waals surface area contributed by atoms with Crippen LogP contribution in [0, 0.1) is 0 Å². The molecule has 0 spiro atoms. The minimum absolute atomic E-state index is 0. The first kappa shape index (κ1) is 25.6. The molecule has 1 N–H and O–H groups in total. The van der Waals surface area contributed by atoms with Crippen LogP contribution in [-0.2, 0) is 0 Å². The molecule has 1 fully saturated rings. The number of methoxy groups -OCH3 is 2. The second-order valence-corrected chi connectivity index (χ2v) is 6.54. The number of nitrogens with one attached hydrogen (secondary N) is 1. The number of ether oxygens (including phenoxy) is 2. The molecule has 4 nitrogen and oxygen atoms in total. The largest absolute Gasteiger partial charge is 0.496 e. The van der Waals surface area contributed by atoms with E-state index in [4.69, 9.17) is 9.47 Å². The highest BCUT2D eigenvalue weighted by atomic mass is 79.9. The zero-order chi connectivity index (χ0) is 17.7. The molecule has 1 saturated heterocycles. The SMILES string of the molecule is COc1cc([C@@H](CCC(F)(F)F)N2CCNCC2)c(OC)cc1Br.Cl.Cl. The van der Waals surface area contributed by atoms with Gasteiger partial charge in [-0.1, -0.05) is 0 Å². The van der Waals surface area contributed by atoms with Gasteiger partial charge in [0, 0.05) is 44.2 Å². The highest BCUT2D eigenvalue weighted by Gasteiger charge is 2.32.